The predicted octanol–water partition coefficient (Wildman–Crippen LogP) is 6.41. The molecule has 0 spiro atoms. The molecule has 3 aliphatic carbocycles. The lowest BCUT2D eigenvalue weighted by Gasteiger charge is -2.27. The van der Waals surface area contributed by atoms with E-state index >= 15 is 0 Å². The first-order valence-electron chi connectivity index (χ1n) is 8.21. The van der Waals surface area contributed by atoms with E-state index < -0.39 is 0 Å². The Hall–Kier alpha value is -1.86. The van der Waals surface area contributed by atoms with E-state index in [1.807, 2.05) is 0 Å². The van der Waals surface area contributed by atoms with E-state index in [0.29, 0.717) is 11.8 Å². The number of fused-ring (bicyclic) bond motifs is 1. The summed E-state index contributed by atoms with van der Waals surface area (Å²) in [6, 6.07) is 8.56. The zero-order valence-electron chi connectivity index (χ0n) is 13.0. The fraction of sp³-hybridized carbons (Fsp3) is 0.182. The minimum Gasteiger partial charge on any atom is -0.0833 e. The van der Waals surface area contributed by atoms with E-state index in [1.165, 1.54) is 22.3 Å². The number of benzene rings is 1. The second-order valence-corrected chi connectivity index (χ2v) is 7.18. The first-order valence-corrected chi connectivity index (χ1v) is 9.00. The number of halogens is 1. The lowest BCUT2D eigenvalue weighted by Crippen LogP contribution is -2.13. The molecule has 0 heterocycles. The van der Waals surface area contributed by atoms with Crippen molar-refractivity contribution in [3.63, 3.8) is 0 Å². The van der Waals surface area contributed by atoms with Crippen LogP contribution in [0.15, 0.2) is 94.6 Å². The molecule has 2 atom stereocenters. The van der Waals surface area contributed by atoms with Crippen molar-refractivity contribution < 1.29 is 0 Å². The van der Waals surface area contributed by atoms with Gasteiger partial charge < -0.3 is 0 Å². The molecular formula is C22H19Br. The van der Waals surface area contributed by atoms with Gasteiger partial charge in [0, 0.05) is 16.3 Å². The number of allylic oxidation sites excluding steroid dienone is 12. The first-order chi connectivity index (χ1) is 11.3. The lowest BCUT2D eigenvalue weighted by atomic mass is 9.77. The van der Waals surface area contributed by atoms with Crippen molar-refractivity contribution in [2.45, 2.75) is 12.8 Å². The molecule has 0 saturated carbocycles. The monoisotopic (exact) mass is 362 g/mol. The Morgan fingerprint density at radius 2 is 1.57 bits per heavy atom. The summed E-state index contributed by atoms with van der Waals surface area (Å²) in [5, 5.41) is 0. The third-order valence-electron chi connectivity index (χ3n) is 4.83. The Morgan fingerprint density at radius 1 is 0.783 bits per heavy atom. The van der Waals surface area contributed by atoms with Crippen LogP contribution in [-0.2, 0) is 0 Å². The van der Waals surface area contributed by atoms with E-state index in [4.69, 9.17) is 0 Å². The molecule has 0 radical (unpaired) electrons. The highest BCUT2D eigenvalue weighted by Crippen LogP contribution is 2.37. The average molecular weight is 363 g/mol. The molecule has 0 fully saturated rings. The molecule has 0 bridgehead atoms. The molecule has 0 saturated heterocycles. The van der Waals surface area contributed by atoms with Crippen LogP contribution in [-0.4, -0.2) is 0 Å². The van der Waals surface area contributed by atoms with E-state index in [0.717, 1.165) is 17.3 Å². The number of hydrogen-bond acceptors (Lipinski definition) is 0. The quantitative estimate of drug-likeness (QED) is 0.570. The maximum Gasteiger partial charge on any atom is 0.0175 e. The molecule has 114 valence electrons. The molecule has 1 aromatic carbocycles. The van der Waals surface area contributed by atoms with Crippen molar-refractivity contribution in [2.75, 3.05) is 0 Å². The fourth-order valence-electron chi connectivity index (χ4n) is 3.58. The van der Waals surface area contributed by atoms with Crippen molar-refractivity contribution in [1.82, 2.24) is 0 Å². The maximum atomic E-state index is 3.50. The minimum absolute atomic E-state index is 0.499. The molecule has 1 aromatic rings. The number of hydrogen-bond donors (Lipinski definition) is 0. The van der Waals surface area contributed by atoms with Gasteiger partial charge in [-0.2, -0.15) is 0 Å². The second kappa shape index (κ2) is 6.33. The van der Waals surface area contributed by atoms with Crippen LogP contribution in [0.2, 0.25) is 0 Å². The molecule has 4 rings (SSSR count). The number of rotatable bonds is 2. The largest absolute Gasteiger partial charge is 0.0833 e. The Balaban J connectivity index is 1.58. The van der Waals surface area contributed by atoms with Gasteiger partial charge in [0.2, 0.25) is 0 Å². The zero-order chi connectivity index (χ0) is 15.6. The standard InChI is InChI=1S/C22H19Br/c23-20-14-12-17(13-15-20)16-8-10-19(11-9-16)22-7-3-5-18-4-1-2-6-21(18)22/h1-4,6-10,12-15,18-19H,5,11H2. The van der Waals surface area contributed by atoms with Gasteiger partial charge in [-0.3, -0.25) is 0 Å². The summed E-state index contributed by atoms with van der Waals surface area (Å²) < 4.78 is 1.13. The summed E-state index contributed by atoms with van der Waals surface area (Å²) in [6.07, 6.45) is 22.9. The van der Waals surface area contributed by atoms with Crippen LogP contribution in [0.25, 0.3) is 5.57 Å². The molecular weight excluding hydrogens is 344 g/mol. The third kappa shape index (κ3) is 2.98. The molecule has 0 aliphatic heterocycles. The highest BCUT2D eigenvalue weighted by molar-refractivity contribution is 9.10. The van der Waals surface area contributed by atoms with E-state index in [2.05, 4.69) is 94.9 Å². The fourth-order valence-corrected chi connectivity index (χ4v) is 3.85. The first kappa shape index (κ1) is 14.7. The van der Waals surface area contributed by atoms with Crippen molar-refractivity contribution in [3.8, 4) is 0 Å². The van der Waals surface area contributed by atoms with Crippen LogP contribution in [0.4, 0.5) is 0 Å². The molecule has 0 aromatic heterocycles. The van der Waals surface area contributed by atoms with Crippen LogP contribution in [0.5, 0.6) is 0 Å². The van der Waals surface area contributed by atoms with E-state index in [9.17, 15) is 0 Å². The van der Waals surface area contributed by atoms with Gasteiger partial charge in [-0.05, 0) is 47.3 Å². The lowest BCUT2D eigenvalue weighted by molar-refractivity contribution is 0.707. The van der Waals surface area contributed by atoms with Crippen LogP contribution in [0.1, 0.15) is 18.4 Å². The van der Waals surface area contributed by atoms with Crippen LogP contribution in [0.3, 0.4) is 0 Å². The van der Waals surface area contributed by atoms with Gasteiger partial charge in [0.1, 0.15) is 0 Å². The van der Waals surface area contributed by atoms with E-state index in [1.54, 1.807) is 0 Å². The van der Waals surface area contributed by atoms with Crippen LogP contribution >= 0.6 is 15.9 Å². The highest BCUT2D eigenvalue weighted by Gasteiger charge is 2.22. The Bertz CT molecular complexity index is 782. The van der Waals surface area contributed by atoms with Gasteiger partial charge in [0.25, 0.3) is 0 Å². The predicted molar refractivity (Wildman–Crippen MR) is 102 cm³/mol. The molecule has 23 heavy (non-hydrogen) atoms. The maximum absolute atomic E-state index is 3.50. The Labute approximate surface area is 146 Å². The second-order valence-electron chi connectivity index (χ2n) is 6.27. The summed E-state index contributed by atoms with van der Waals surface area (Å²) in [5.41, 5.74) is 5.61. The SMILES string of the molecule is Brc1ccc(C2=CCC(C3=C4C=CC=CC4CC=C3)C=C2)cc1. The van der Waals surface area contributed by atoms with Gasteiger partial charge in [0.15, 0.2) is 0 Å². The molecule has 0 N–H and O–H groups in total. The molecule has 0 nitrogen and oxygen atoms in total. The van der Waals surface area contributed by atoms with Gasteiger partial charge in [-0.25, -0.2) is 0 Å². The van der Waals surface area contributed by atoms with Gasteiger partial charge in [-0.1, -0.05) is 82.7 Å². The normalized spacial score (nSPS) is 25.5. The van der Waals surface area contributed by atoms with Gasteiger partial charge in [-0.15, -0.1) is 0 Å². The summed E-state index contributed by atoms with van der Waals surface area (Å²) in [7, 11) is 0. The van der Waals surface area contributed by atoms with Crippen molar-refractivity contribution >= 4 is 21.5 Å². The summed E-state index contributed by atoms with van der Waals surface area (Å²) in [4.78, 5) is 0. The Kier molecular flexibility index (Phi) is 4.05. The minimum atomic E-state index is 0.499. The summed E-state index contributed by atoms with van der Waals surface area (Å²) in [6.45, 7) is 0. The third-order valence-corrected chi connectivity index (χ3v) is 5.36. The van der Waals surface area contributed by atoms with Gasteiger partial charge >= 0.3 is 0 Å². The molecule has 0 amide bonds. The average Bonchev–Trinajstić information content (AvgIpc) is 2.62. The van der Waals surface area contributed by atoms with Gasteiger partial charge in [0.05, 0.1) is 0 Å². The van der Waals surface area contributed by atoms with E-state index in [-0.39, 0.29) is 0 Å². The molecule has 3 aliphatic rings. The summed E-state index contributed by atoms with van der Waals surface area (Å²) in [5.74, 6) is 1.07. The van der Waals surface area contributed by atoms with Crippen LogP contribution < -0.4 is 0 Å². The summed E-state index contributed by atoms with van der Waals surface area (Å²) >= 11 is 3.50. The van der Waals surface area contributed by atoms with Crippen molar-refractivity contribution in [3.05, 3.63) is 100 Å². The molecule has 2 unspecified atom stereocenters. The van der Waals surface area contributed by atoms with Crippen molar-refractivity contribution in [1.29, 1.82) is 0 Å². The smallest absolute Gasteiger partial charge is 0.0175 e. The molecule has 1 heteroatoms. The topological polar surface area (TPSA) is 0 Å². The van der Waals surface area contributed by atoms with Crippen molar-refractivity contribution in [2.24, 2.45) is 11.8 Å². The highest BCUT2D eigenvalue weighted by atomic mass is 79.9. The van der Waals surface area contributed by atoms with Crippen LogP contribution in [0, 0.1) is 11.8 Å². The zero-order valence-corrected chi connectivity index (χ0v) is 14.5. The Morgan fingerprint density at radius 3 is 2.35 bits per heavy atom.